The lowest BCUT2D eigenvalue weighted by Crippen LogP contribution is -2.43. The molecule has 5 heterocycles. The number of thiophene rings is 1. The van der Waals surface area contributed by atoms with E-state index in [0.717, 1.165) is 29.6 Å². The van der Waals surface area contributed by atoms with Gasteiger partial charge in [-0.1, -0.05) is 0 Å². The van der Waals surface area contributed by atoms with E-state index in [1.165, 1.54) is 30.7 Å². The number of amides is 1. The van der Waals surface area contributed by atoms with Crippen LogP contribution in [0, 0.1) is 0 Å². The fourth-order valence-corrected chi connectivity index (χ4v) is 5.49. The molecule has 0 spiro atoms. The van der Waals surface area contributed by atoms with Crippen molar-refractivity contribution in [2.45, 2.75) is 50.2 Å². The first-order valence-corrected chi connectivity index (χ1v) is 9.79. The standard InChI is InChI=1S/C18H22N4OS/c23-18(21-14-8-12-3-4-13(14)20-12)15-9-16-11(10-19-15)7-17(24-16)22-5-1-2-6-22/h7,9-10,12-14,20H,1-6,8H2,(H,21,23)/t12-,13+,14-/m1/s1. The molecule has 2 aromatic heterocycles. The first kappa shape index (κ1) is 14.7. The van der Waals surface area contributed by atoms with Crippen LogP contribution in [0.2, 0.25) is 0 Å². The Morgan fingerprint density at radius 1 is 1.29 bits per heavy atom. The summed E-state index contributed by atoms with van der Waals surface area (Å²) in [6, 6.07) is 5.47. The van der Waals surface area contributed by atoms with Crippen LogP contribution in [0.1, 0.15) is 42.6 Å². The fraction of sp³-hybridized carbons (Fsp3) is 0.556. The summed E-state index contributed by atoms with van der Waals surface area (Å²) < 4.78 is 1.16. The van der Waals surface area contributed by atoms with Gasteiger partial charge in [-0.15, -0.1) is 11.3 Å². The van der Waals surface area contributed by atoms with Crippen molar-refractivity contribution in [1.82, 2.24) is 15.6 Å². The Bertz CT molecular complexity index is 782. The molecule has 3 fully saturated rings. The van der Waals surface area contributed by atoms with Gasteiger partial charge in [0.2, 0.25) is 0 Å². The van der Waals surface area contributed by atoms with E-state index in [4.69, 9.17) is 0 Å². The summed E-state index contributed by atoms with van der Waals surface area (Å²) in [5.74, 6) is -0.0348. The van der Waals surface area contributed by atoms with Gasteiger partial charge in [-0.05, 0) is 44.2 Å². The van der Waals surface area contributed by atoms with Gasteiger partial charge in [0.15, 0.2) is 0 Å². The van der Waals surface area contributed by atoms with Crippen molar-refractivity contribution in [3.8, 4) is 0 Å². The van der Waals surface area contributed by atoms with E-state index in [1.54, 1.807) is 11.3 Å². The maximum atomic E-state index is 12.6. The molecule has 0 aromatic carbocycles. The molecule has 0 aliphatic carbocycles. The largest absolute Gasteiger partial charge is 0.363 e. The minimum Gasteiger partial charge on any atom is -0.363 e. The predicted molar refractivity (Wildman–Crippen MR) is 96.9 cm³/mol. The van der Waals surface area contributed by atoms with E-state index < -0.39 is 0 Å². The second-order valence-electron chi connectivity index (χ2n) is 7.25. The van der Waals surface area contributed by atoms with Crippen molar-refractivity contribution >= 4 is 32.3 Å². The van der Waals surface area contributed by atoms with Crippen molar-refractivity contribution in [3.05, 3.63) is 24.0 Å². The molecule has 3 saturated heterocycles. The van der Waals surface area contributed by atoms with E-state index in [2.05, 4.69) is 26.6 Å². The molecule has 0 radical (unpaired) electrons. The van der Waals surface area contributed by atoms with Crippen LogP contribution in [-0.2, 0) is 0 Å². The zero-order valence-electron chi connectivity index (χ0n) is 13.6. The van der Waals surface area contributed by atoms with E-state index in [0.29, 0.717) is 17.8 Å². The van der Waals surface area contributed by atoms with Crippen molar-refractivity contribution < 1.29 is 4.79 Å². The number of aromatic nitrogens is 1. The van der Waals surface area contributed by atoms with E-state index in [-0.39, 0.29) is 11.9 Å². The first-order chi connectivity index (χ1) is 11.8. The molecule has 126 valence electrons. The minimum atomic E-state index is -0.0348. The summed E-state index contributed by atoms with van der Waals surface area (Å²) in [4.78, 5) is 19.4. The van der Waals surface area contributed by atoms with Gasteiger partial charge in [0.1, 0.15) is 5.69 Å². The first-order valence-electron chi connectivity index (χ1n) is 8.98. The third kappa shape index (κ3) is 2.48. The van der Waals surface area contributed by atoms with Crippen LogP contribution < -0.4 is 15.5 Å². The summed E-state index contributed by atoms with van der Waals surface area (Å²) in [5, 5.41) is 9.19. The van der Waals surface area contributed by atoms with Crippen LogP contribution >= 0.6 is 11.3 Å². The van der Waals surface area contributed by atoms with Crippen molar-refractivity contribution in [2.24, 2.45) is 0 Å². The number of carbonyl (C=O) groups is 1. The molecule has 2 N–H and O–H groups in total. The zero-order chi connectivity index (χ0) is 16.1. The van der Waals surface area contributed by atoms with Crippen LogP contribution in [-0.4, -0.2) is 42.1 Å². The van der Waals surface area contributed by atoms with Crippen molar-refractivity contribution in [2.75, 3.05) is 18.0 Å². The molecule has 5 nitrogen and oxygen atoms in total. The second kappa shape index (κ2) is 5.70. The average molecular weight is 342 g/mol. The third-order valence-corrected chi connectivity index (χ3v) is 6.81. The van der Waals surface area contributed by atoms with Gasteiger partial charge in [-0.2, -0.15) is 0 Å². The topological polar surface area (TPSA) is 57.3 Å². The van der Waals surface area contributed by atoms with Gasteiger partial charge in [-0.3, -0.25) is 9.78 Å². The monoisotopic (exact) mass is 342 g/mol. The number of rotatable bonds is 3. The Kier molecular flexibility index (Phi) is 3.49. The smallest absolute Gasteiger partial charge is 0.270 e. The maximum Gasteiger partial charge on any atom is 0.270 e. The maximum absolute atomic E-state index is 12.6. The summed E-state index contributed by atoms with van der Waals surface area (Å²) in [7, 11) is 0. The molecule has 2 aromatic rings. The van der Waals surface area contributed by atoms with Crippen LogP contribution in [0.15, 0.2) is 18.3 Å². The van der Waals surface area contributed by atoms with Crippen molar-refractivity contribution in [3.63, 3.8) is 0 Å². The second-order valence-corrected chi connectivity index (χ2v) is 8.31. The molecule has 0 saturated carbocycles. The Hall–Kier alpha value is -1.66. The van der Waals surface area contributed by atoms with E-state index in [9.17, 15) is 4.79 Å². The number of carbonyl (C=O) groups excluding carboxylic acids is 1. The molecule has 5 rings (SSSR count). The summed E-state index contributed by atoms with van der Waals surface area (Å²) in [6.45, 7) is 2.29. The van der Waals surface area contributed by atoms with Gasteiger partial charge >= 0.3 is 0 Å². The molecule has 2 bridgehead atoms. The van der Waals surface area contributed by atoms with Gasteiger partial charge in [0.05, 0.1) is 5.00 Å². The van der Waals surface area contributed by atoms with Gasteiger partial charge in [0.25, 0.3) is 5.91 Å². The molecule has 3 aliphatic rings. The van der Waals surface area contributed by atoms with Crippen LogP contribution in [0.25, 0.3) is 10.1 Å². The van der Waals surface area contributed by atoms with Gasteiger partial charge in [-0.25, -0.2) is 0 Å². The molecular formula is C18H22N4OS. The molecule has 24 heavy (non-hydrogen) atoms. The highest BCUT2D eigenvalue weighted by atomic mass is 32.1. The van der Waals surface area contributed by atoms with Crippen LogP contribution in [0.5, 0.6) is 0 Å². The summed E-state index contributed by atoms with van der Waals surface area (Å²) in [5.41, 5.74) is 0.542. The average Bonchev–Trinajstić information content (AvgIpc) is 3.35. The molecular weight excluding hydrogens is 320 g/mol. The summed E-state index contributed by atoms with van der Waals surface area (Å²) in [6.07, 6.45) is 7.87. The number of fused-ring (bicyclic) bond motifs is 3. The highest BCUT2D eigenvalue weighted by molar-refractivity contribution is 7.22. The number of hydrogen-bond acceptors (Lipinski definition) is 5. The lowest BCUT2D eigenvalue weighted by molar-refractivity contribution is 0.0926. The Morgan fingerprint density at radius 2 is 2.17 bits per heavy atom. The number of pyridine rings is 1. The number of anilines is 1. The molecule has 6 heteroatoms. The lowest BCUT2D eigenvalue weighted by atomic mass is 9.95. The highest BCUT2D eigenvalue weighted by Gasteiger charge is 2.39. The van der Waals surface area contributed by atoms with Crippen LogP contribution in [0.4, 0.5) is 5.00 Å². The summed E-state index contributed by atoms with van der Waals surface area (Å²) >= 11 is 1.77. The Labute approximate surface area is 145 Å². The quantitative estimate of drug-likeness (QED) is 0.900. The zero-order valence-corrected chi connectivity index (χ0v) is 14.4. The number of hydrogen-bond donors (Lipinski definition) is 2. The highest BCUT2D eigenvalue weighted by Crippen LogP contribution is 2.34. The van der Waals surface area contributed by atoms with Gasteiger partial charge < -0.3 is 15.5 Å². The predicted octanol–water partition coefficient (Wildman–Crippen LogP) is 2.52. The molecule has 1 amide bonds. The number of nitrogens with one attached hydrogen (secondary N) is 2. The van der Waals surface area contributed by atoms with Crippen LogP contribution in [0.3, 0.4) is 0 Å². The molecule has 3 aliphatic heterocycles. The van der Waals surface area contributed by atoms with Crippen molar-refractivity contribution in [1.29, 1.82) is 0 Å². The lowest BCUT2D eigenvalue weighted by Gasteiger charge is -2.21. The molecule has 3 atom stereocenters. The van der Waals surface area contributed by atoms with Gasteiger partial charge in [0, 0.05) is 47.5 Å². The Morgan fingerprint density at radius 3 is 2.92 bits per heavy atom. The van der Waals surface area contributed by atoms with E-state index >= 15 is 0 Å². The molecule has 0 unspecified atom stereocenters. The fourth-order valence-electron chi connectivity index (χ4n) is 4.36. The Balaban J connectivity index is 1.35. The normalized spacial score (nSPS) is 28.8. The minimum absolute atomic E-state index is 0.0348. The van der Waals surface area contributed by atoms with E-state index in [1.807, 2.05) is 12.3 Å². The third-order valence-electron chi connectivity index (χ3n) is 5.66. The number of nitrogens with zero attached hydrogens (tertiary/aromatic N) is 2. The SMILES string of the molecule is O=C(N[C@@H]1C[C@H]2CC[C@@H]1N2)c1cc2sc(N3CCCC3)cc2cn1.